The fourth-order valence-electron chi connectivity index (χ4n) is 2.74. The summed E-state index contributed by atoms with van der Waals surface area (Å²) >= 11 is 0. The molecule has 0 aliphatic carbocycles. The van der Waals surface area contributed by atoms with Gasteiger partial charge in [-0.25, -0.2) is 4.57 Å². The van der Waals surface area contributed by atoms with Crippen molar-refractivity contribution in [2.75, 3.05) is 26.4 Å². The molecule has 33 heavy (non-hydrogen) atoms. The van der Waals surface area contributed by atoms with Gasteiger partial charge in [0.05, 0.1) is 26.2 Å². The number of hydrogen-bond acceptors (Lipinski definition) is 9. The highest BCUT2D eigenvalue weighted by Crippen LogP contribution is 2.43. The summed E-state index contributed by atoms with van der Waals surface area (Å²) < 4.78 is 30.9. The molecule has 0 heterocycles. The van der Waals surface area contributed by atoms with Crippen molar-refractivity contribution in [2.24, 2.45) is 0 Å². The Bertz CT molecular complexity index is 596. The van der Waals surface area contributed by atoms with E-state index in [1.165, 1.54) is 44.9 Å². The predicted molar refractivity (Wildman–Crippen MR) is 122 cm³/mol. The fraction of sp³-hybridized carbons (Fsp3) is 0.818. The molecule has 3 atom stereocenters. The van der Waals surface area contributed by atoms with Gasteiger partial charge in [0.25, 0.3) is 0 Å². The van der Waals surface area contributed by atoms with Crippen molar-refractivity contribution >= 4 is 19.8 Å². The molecule has 0 aromatic rings. The molecule has 1 unspecified atom stereocenters. The van der Waals surface area contributed by atoms with E-state index in [0.29, 0.717) is 0 Å². The standard InChI is InChI=1S/C22H41O10P/c1-3-4-5-6-7-8-9-10-11-12-13-14-22(26)29-17-21(32-19(2)24)18-31-33(27,28)30-16-20(25)15-23/h12-13,20-21,23,25H,3-11,14-18H2,1-2H3,(H,27,28)/b13-12-/t20-,21+/m0/s1. The number of unbranched alkanes of at least 4 members (excludes halogenated alkanes) is 8. The third-order valence-electron chi connectivity index (χ3n) is 4.50. The van der Waals surface area contributed by atoms with E-state index in [9.17, 15) is 19.0 Å². The summed E-state index contributed by atoms with van der Waals surface area (Å²) in [6.07, 6.45) is 12.1. The van der Waals surface area contributed by atoms with Crippen LogP contribution in [0.5, 0.6) is 0 Å². The van der Waals surface area contributed by atoms with E-state index in [4.69, 9.17) is 24.2 Å². The van der Waals surface area contributed by atoms with Crippen LogP contribution in [0, 0.1) is 0 Å². The summed E-state index contributed by atoms with van der Waals surface area (Å²) in [6, 6.07) is 0. The monoisotopic (exact) mass is 496 g/mol. The molecule has 0 rings (SSSR count). The maximum absolute atomic E-state index is 11.9. The number of ether oxygens (including phenoxy) is 2. The van der Waals surface area contributed by atoms with E-state index in [0.717, 1.165) is 19.8 Å². The van der Waals surface area contributed by atoms with E-state index in [-0.39, 0.29) is 13.0 Å². The summed E-state index contributed by atoms with van der Waals surface area (Å²) in [4.78, 5) is 32.6. The van der Waals surface area contributed by atoms with Gasteiger partial charge in [-0.2, -0.15) is 0 Å². The Morgan fingerprint density at radius 1 is 0.939 bits per heavy atom. The van der Waals surface area contributed by atoms with Crippen LogP contribution in [0.3, 0.4) is 0 Å². The molecule has 0 bridgehead atoms. The second-order valence-electron chi connectivity index (χ2n) is 7.75. The van der Waals surface area contributed by atoms with Gasteiger partial charge in [0, 0.05) is 6.92 Å². The number of aliphatic hydroxyl groups is 2. The second-order valence-corrected chi connectivity index (χ2v) is 9.20. The highest BCUT2D eigenvalue weighted by Gasteiger charge is 2.26. The van der Waals surface area contributed by atoms with Gasteiger partial charge in [0.1, 0.15) is 12.7 Å². The van der Waals surface area contributed by atoms with Crippen LogP contribution in [-0.2, 0) is 32.7 Å². The van der Waals surface area contributed by atoms with Gasteiger partial charge < -0.3 is 24.6 Å². The van der Waals surface area contributed by atoms with Crippen molar-refractivity contribution < 1.29 is 47.8 Å². The van der Waals surface area contributed by atoms with E-state index < -0.39 is 51.8 Å². The molecule has 0 spiro atoms. The number of phosphoric ester groups is 1. The zero-order valence-electron chi connectivity index (χ0n) is 19.9. The molecular weight excluding hydrogens is 455 g/mol. The molecule has 0 saturated carbocycles. The van der Waals surface area contributed by atoms with Crippen LogP contribution in [-0.4, -0.2) is 65.7 Å². The average molecular weight is 497 g/mol. The van der Waals surface area contributed by atoms with Gasteiger partial charge in [0.2, 0.25) is 0 Å². The van der Waals surface area contributed by atoms with Crippen LogP contribution < -0.4 is 0 Å². The van der Waals surface area contributed by atoms with Crippen molar-refractivity contribution in [3.05, 3.63) is 12.2 Å². The molecular formula is C22H41O10P. The van der Waals surface area contributed by atoms with Crippen LogP contribution in [0.4, 0.5) is 0 Å². The first-order valence-corrected chi connectivity index (χ1v) is 13.1. The van der Waals surface area contributed by atoms with E-state index in [1.54, 1.807) is 6.08 Å². The number of carbonyl (C=O) groups is 2. The molecule has 0 fully saturated rings. The van der Waals surface area contributed by atoms with Crippen LogP contribution in [0.2, 0.25) is 0 Å². The number of esters is 2. The van der Waals surface area contributed by atoms with E-state index >= 15 is 0 Å². The van der Waals surface area contributed by atoms with E-state index in [2.05, 4.69) is 11.4 Å². The van der Waals surface area contributed by atoms with E-state index in [1.807, 2.05) is 6.08 Å². The lowest BCUT2D eigenvalue weighted by Gasteiger charge is -2.19. The molecule has 0 amide bonds. The van der Waals surface area contributed by atoms with Crippen molar-refractivity contribution in [3.63, 3.8) is 0 Å². The third kappa shape index (κ3) is 21.0. The lowest BCUT2D eigenvalue weighted by molar-refractivity contribution is -0.159. The second kappa shape index (κ2) is 20.1. The highest BCUT2D eigenvalue weighted by molar-refractivity contribution is 7.47. The van der Waals surface area contributed by atoms with Gasteiger partial charge in [-0.15, -0.1) is 0 Å². The maximum atomic E-state index is 11.9. The molecule has 194 valence electrons. The first kappa shape index (κ1) is 31.7. The zero-order valence-corrected chi connectivity index (χ0v) is 20.7. The SMILES string of the molecule is CCCCCCCCCC/C=C\CC(=O)OC[C@H](COP(=O)(O)OC[C@@H](O)CO)OC(C)=O. The Kier molecular flexibility index (Phi) is 19.3. The Balaban J connectivity index is 4.11. The first-order valence-electron chi connectivity index (χ1n) is 11.6. The summed E-state index contributed by atoms with van der Waals surface area (Å²) in [5, 5.41) is 17.8. The average Bonchev–Trinajstić information content (AvgIpc) is 2.77. The molecule has 0 aliphatic rings. The summed E-state index contributed by atoms with van der Waals surface area (Å²) in [6.45, 7) is 1.14. The lowest BCUT2D eigenvalue weighted by atomic mass is 10.1. The number of rotatable bonds is 21. The molecule has 10 nitrogen and oxygen atoms in total. The summed E-state index contributed by atoms with van der Waals surface area (Å²) in [7, 11) is -4.56. The van der Waals surface area contributed by atoms with Gasteiger partial charge in [0.15, 0.2) is 6.10 Å². The Morgan fingerprint density at radius 3 is 2.15 bits per heavy atom. The maximum Gasteiger partial charge on any atom is 0.472 e. The van der Waals surface area contributed by atoms with Gasteiger partial charge in [-0.3, -0.25) is 18.6 Å². The van der Waals surface area contributed by atoms with Crippen molar-refractivity contribution in [3.8, 4) is 0 Å². The number of allylic oxidation sites excluding steroid dienone is 1. The largest absolute Gasteiger partial charge is 0.472 e. The number of carbonyl (C=O) groups excluding carboxylic acids is 2. The van der Waals surface area contributed by atoms with Gasteiger partial charge in [-0.1, -0.05) is 64.0 Å². The predicted octanol–water partition coefficient (Wildman–Crippen LogP) is 3.43. The number of hydrogen-bond donors (Lipinski definition) is 3. The Labute approximate surface area is 196 Å². The molecule has 0 radical (unpaired) electrons. The topological polar surface area (TPSA) is 149 Å². The molecule has 0 aliphatic heterocycles. The lowest BCUT2D eigenvalue weighted by Crippen LogP contribution is -2.29. The van der Waals surface area contributed by atoms with Gasteiger partial charge >= 0.3 is 19.8 Å². The molecule has 0 aromatic carbocycles. The smallest absolute Gasteiger partial charge is 0.461 e. The number of aliphatic hydroxyl groups excluding tert-OH is 2. The molecule has 3 N–H and O–H groups in total. The Hall–Kier alpha value is -1.29. The van der Waals surface area contributed by atoms with Crippen molar-refractivity contribution in [2.45, 2.75) is 90.3 Å². The fourth-order valence-corrected chi connectivity index (χ4v) is 3.53. The molecule has 11 heteroatoms. The van der Waals surface area contributed by atoms with Gasteiger partial charge in [-0.05, 0) is 12.8 Å². The van der Waals surface area contributed by atoms with Crippen LogP contribution in [0.25, 0.3) is 0 Å². The minimum atomic E-state index is -4.56. The minimum Gasteiger partial charge on any atom is -0.461 e. The quantitative estimate of drug-likeness (QED) is 0.0934. The van der Waals surface area contributed by atoms with Crippen molar-refractivity contribution in [1.82, 2.24) is 0 Å². The Morgan fingerprint density at radius 2 is 1.55 bits per heavy atom. The van der Waals surface area contributed by atoms with Crippen molar-refractivity contribution in [1.29, 1.82) is 0 Å². The normalized spacial score (nSPS) is 15.2. The molecule has 0 aromatic heterocycles. The zero-order chi connectivity index (χ0) is 25.0. The number of phosphoric acid groups is 1. The summed E-state index contributed by atoms with van der Waals surface area (Å²) in [5.41, 5.74) is 0. The summed E-state index contributed by atoms with van der Waals surface area (Å²) in [5.74, 6) is -1.22. The van der Waals surface area contributed by atoms with Crippen LogP contribution in [0.1, 0.15) is 78.1 Å². The first-order chi connectivity index (χ1) is 15.7. The third-order valence-corrected chi connectivity index (χ3v) is 5.45. The van der Waals surface area contributed by atoms with Crippen LogP contribution >= 0.6 is 7.82 Å². The minimum absolute atomic E-state index is 0.0608. The molecule has 0 saturated heterocycles. The highest BCUT2D eigenvalue weighted by atomic mass is 31.2. The van der Waals surface area contributed by atoms with Crippen LogP contribution in [0.15, 0.2) is 12.2 Å².